The number of amides is 3. The fourth-order valence-corrected chi connectivity index (χ4v) is 11.4. The van der Waals surface area contributed by atoms with E-state index in [2.05, 4.69) is 27.5 Å². The topological polar surface area (TPSA) is 188 Å². The number of morpholine rings is 1. The number of fused-ring (bicyclic) bond motifs is 5. The second-order valence-corrected chi connectivity index (χ2v) is 18.4. The number of anilines is 2. The van der Waals surface area contributed by atoms with Crippen LogP contribution in [0.2, 0.25) is 0 Å². The predicted octanol–water partition coefficient (Wildman–Crippen LogP) is 7.55. The maximum Gasteiger partial charge on any atom is 0.421 e. The lowest BCUT2D eigenvalue weighted by molar-refractivity contribution is -0.177. The molecule has 17 heteroatoms. The zero-order chi connectivity index (χ0) is 49.3. The SMILES string of the molecule is COCCOC(=O)N1C(=O)C2(c3cc(C#CCn4nnc5ccccc54)ccc31)C(C(=O)Nc1nc3ccccc3s1)C1C(=O)OC(c3ccccc3)C(c3ccccc3)N1C2c1ccc(OCCO)cc1. The minimum absolute atomic E-state index is 0.0263. The van der Waals surface area contributed by atoms with Crippen LogP contribution in [-0.2, 0) is 40.6 Å². The molecule has 3 amide bonds. The number of benzene rings is 6. The van der Waals surface area contributed by atoms with Gasteiger partial charge in [-0.1, -0.05) is 125 Å². The molecule has 0 radical (unpaired) electrons. The molecule has 1 spiro atoms. The van der Waals surface area contributed by atoms with E-state index in [4.69, 9.17) is 23.9 Å². The van der Waals surface area contributed by atoms with Crippen molar-refractivity contribution in [1.29, 1.82) is 0 Å². The Morgan fingerprint density at radius 3 is 2.28 bits per heavy atom. The van der Waals surface area contributed by atoms with Crippen LogP contribution < -0.4 is 15.0 Å². The first-order valence-corrected chi connectivity index (χ1v) is 24.1. The van der Waals surface area contributed by atoms with Gasteiger partial charge in [-0.25, -0.2) is 19.4 Å². The van der Waals surface area contributed by atoms with E-state index in [9.17, 15) is 9.90 Å². The van der Waals surface area contributed by atoms with E-state index in [1.54, 1.807) is 47.1 Å². The summed E-state index contributed by atoms with van der Waals surface area (Å²) in [5, 5.41) is 21.5. The smallest absolute Gasteiger partial charge is 0.421 e. The maximum absolute atomic E-state index is 16.5. The molecule has 72 heavy (non-hydrogen) atoms. The molecule has 0 saturated carbocycles. The van der Waals surface area contributed by atoms with Crippen molar-refractivity contribution in [2.75, 3.05) is 43.8 Å². The first kappa shape index (κ1) is 46.1. The van der Waals surface area contributed by atoms with Crippen molar-refractivity contribution < 1.29 is 43.2 Å². The quantitative estimate of drug-likeness (QED) is 0.0695. The average Bonchev–Trinajstić information content (AvgIpc) is 4.17. The number of hydrogen-bond donors (Lipinski definition) is 2. The van der Waals surface area contributed by atoms with Gasteiger partial charge in [0.15, 0.2) is 5.13 Å². The number of carbonyl (C=O) groups is 4. The van der Waals surface area contributed by atoms with Crippen LogP contribution in [0.15, 0.2) is 152 Å². The fraction of sp³-hybridized carbons (Fsp3) is 0.218. The van der Waals surface area contributed by atoms with Gasteiger partial charge in [0, 0.05) is 12.7 Å². The van der Waals surface area contributed by atoms with E-state index in [1.807, 2.05) is 114 Å². The van der Waals surface area contributed by atoms with Gasteiger partial charge in [-0.15, -0.1) is 5.10 Å². The molecule has 2 fully saturated rings. The Hall–Kier alpha value is -8.27. The summed E-state index contributed by atoms with van der Waals surface area (Å²) in [6, 6.07) is 42.4. The lowest BCUT2D eigenvalue weighted by atomic mass is 9.65. The van der Waals surface area contributed by atoms with Gasteiger partial charge in [-0.05, 0) is 76.9 Å². The first-order valence-electron chi connectivity index (χ1n) is 23.3. The summed E-state index contributed by atoms with van der Waals surface area (Å²) in [6.07, 6.45) is -1.94. The number of thiazole rings is 1. The molecule has 6 unspecified atom stereocenters. The Labute approximate surface area is 416 Å². The molecule has 11 rings (SSSR count). The lowest BCUT2D eigenvalue weighted by Gasteiger charge is -2.46. The number of nitrogens with zero attached hydrogens (tertiary/aromatic N) is 6. The summed E-state index contributed by atoms with van der Waals surface area (Å²) >= 11 is 1.24. The van der Waals surface area contributed by atoms with Gasteiger partial charge in [0.25, 0.3) is 0 Å². The minimum atomic E-state index is -2.09. The van der Waals surface area contributed by atoms with Crippen LogP contribution in [0, 0.1) is 17.8 Å². The third-order valence-corrected chi connectivity index (χ3v) is 14.4. The molecule has 2 N–H and O–H groups in total. The van der Waals surface area contributed by atoms with Crippen molar-refractivity contribution in [3.63, 3.8) is 0 Å². The molecule has 360 valence electrons. The zero-order valence-corrected chi connectivity index (χ0v) is 39.5. The fourth-order valence-electron chi connectivity index (χ4n) is 10.5. The summed E-state index contributed by atoms with van der Waals surface area (Å²) in [4.78, 5) is 70.2. The molecule has 2 aromatic heterocycles. The molecule has 0 aliphatic carbocycles. The number of rotatable bonds is 12. The highest BCUT2D eigenvalue weighted by Crippen LogP contribution is 2.66. The Balaban J connectivity index is 1.17. The highest BCUT2D eigenvalue weighted by molar-refractivity contribution is 7.22. The number of nitrogens with one attached hydrogen (secondary N) is 1. The van der Waals surface area contributed by atoms with E-state index in [0.717, 1.165) is 20.7 Å². The van der Waals surface area contributed by atoms with E-state index >= 15 is 14.4 Å². The predicted molar refractivity (Wildman–Crippen MR) is 267 cm³/mol. The summed E-state index contributed by atoms with van der Waals surface area (Å²) < 4.78 is 25.9. The lowest BCUT2D eigenvalue weighted by Crippen LogP contribution is -2.54. The molecule has 8 aromatic rings. The maximum atomic E-state index is 16.5. The highest BCUT2D eigenvalue weighted by atomic mass is 32.1. The average molecular weight is 980 g/mol. The van der Waals surface area contributed by atoms with Crippen LogP contribution in [0.4, 0.5) is 15.6 Å². The minimum Gasteiger partial charge on any atom is -0.491 e. The highest BCUT2D eigenvalue weighted by Gasteiger charge is 2.76. The zero-order valence-electron chi connectivity index (χ0n) is 38.7. The normalized spacial score (nSPS) is 21.2. The van der Waals surface area contributed by atoms with Gasteiger partial charge < -0.3 is 29.4 Å². The van der Waals surface area contributed by atoms with Crippen molar-refractivity contribution in [2.24, 2.45) is 5.92 Å². The Bertz CT molecular complexity index is 3380. The number of hydrogen-bond acceptors (Lipinski definition) is 14. The van der Waals surface area contributed by atoms with Gasteiger partial charge >= 0.3 is 12.1 Å². The summed E-state index contributed by atoms with van der Waals surface area (Å²) in [6.45, 7) is -0.167. The summed E-state index contributed by atoms with van der Waals surface area (Å²) in [5.74, 6) is 3.02. The van der Waals surface area contributed by atoms with Gasteiger partial charge in [-0.3, -0.25) is 19.3 Å². The molecule has 2 saturated heterocycles. The molecule has 0 bridgehead atoms. The van der Waals surface area contributed by atoms with Crippen molar-refractivity contribution in [2.45, 2.75) is 36.2 Å². The van der Waals surface area contributed by atoms with E-state index in [0.29, 0.717) is 33.5 Å². The largest absolute Gasteiger partial charge is 0.491 e. The molecular weight excluding hydrogens is 935 g/mol. The van der Waals surface area contributed by atoms with Crippen molar-refractivity contribution in [3.05, 3.63) is 179 Å². The summed E-state index contributed by atoms with van der Waals surface area (Å²) in [7, 11) is 1.46. The molecule has 16 nitrogen and oxygen atoms in total. The monoisotopic (exact) mass is 979 g/mol. The van der Waals surface area contributed by atoms with E-state index in [1.165, 1.54) is 18.4 Å². The Kier molecular flexibility index (Phi) is 12.5. The number of imide groups is 1. The Morgan fingerprint density at radius 1 is 0.806 bits per heavy atom. The molecule has 6 aromatic carbocycles. The van der Waals surface area contributed by atoms with Crippen LogP contribution in [0.3, 0.4) is 0 Å². The molecule has 3 aliphatic rings. The second kappa shape index (κ2) is 19.5. The molecular formula is C55H45N7O9S. The van der Waals surface area contributed by atoms with Gasteiger partial charge in [0.05, 0.1) is 52.6 Å². The summed E-state index contributed by atoms with van der Waals surface area (Å²) in [5.41, 5.74) is 2.84. The number of para-hydroxylation sites is 2. The van der Waals surface area contributed by atoms with E-state index < -0.39 is 59.4 Å². The number of aliphatic hydroxyl groups excluding tert-OH is 1. The van der Waals surface area contributed by atoms with Crippen LogP contribution in [0.25, 0.3) is 21.3 Å². The number of aromatic nitrogens is 4. The van der Waals surface area contributed by atoms with Crippen molar-refractivity contribution >= 4 is 67.3 Å². The van der Waals surface area contributed by atoms with Gasteiger partial charge in [-0.2, -0.15) is 0 Å². The number of aliphatic hydroxyl groups is 1. The standard InChI is InChI=1S/C55H45N7O9S/c1-68-31-32-70-54(67)61-42-27-22-34(13-12-28-60-43-20-10-8-18-40(43)58-59-60)33-39(42)55(52(61)66)45(50(64)57-53-56-41-19-9-11-21-44(41)72-53)47-51(65)71-48(36-16-6-3-7-17-36)46(35-14-4-2-5-15-35)62(47)49(55)37-23-25-38(26-24-37)69-30-29-63/h2-11,14-27,33,45-49,63H,28-32H2,1H3,(H,56,57,64). The van der Waals surface area contributed by atoms with Gasteiger partial charge in [0.1, 0.15) is 48.6 Å². The number of ether oxygens (including phenoxy) is 4. The third-order valence-electron chi connectivity index (χ3n) is 13.4. The van der Waals surface area contributed by atoms with Crippen LogP contribution in [0.5, 0.6) is 5.75 Å². The molecule has 5 heterocycles. The number of methoxy groups -OCH3 is 1. The van der Waals surface area contributed by atoms with Crippen LogP contribution in [-0.4, -0.2) is 93.4 Å². The van der Waals surface area contributed by atoms with E-state index in [-0.39, 0.29) is 49.4 Å². The number of cyclic esters (lactones) is 1. The van der Waals surface area contributed by atoms with Gasteiger partial charge in [0.2, 0.25) is 11.8 Å². The van der Waals surface area contributed by atoms with Crippen molar-refractivity contribution in [1.82, 2.24) is 24.9 Å². The van der Waals surface area contributed by atoms with Crippen molar-refractivity contribution in [3.8, 4) is 17.6 Å². The molecule has 3 aliphatic heterocycles. The number of esters is 1. The first-order chi connectivity index (χ1) is 35.3. The molecule has 6 atom stereocenters. The second-order valence-electron chi connectivity index (χ2n) is 17.4. The number of carbonyl (C=O) groups excluding carboxylic acids is 4. The van der Waals surface area contributed by atoms with Crippen LogP contribution >= 0.6 is 11.3 Å². The Morgan fingerprint density at radius 2 is 1.53 bits per heavy atom. The van der Waals surface area contributed by atoms with Crippen LogP contribution in [0.1, 0.15) is 46.0 Å². The third kappa shape index (κ3) is 8.00.